The van der Waals surface area contributed by atoms with Crippen LogP contribution in [-0.4, -0.2) is 38.3 Å². The van der Waals surface area contributed by atoms with Crippen molar-refractivity contribution in [1.29, 1.82) is 0 Å². The third kappa shape index (κ3) is 7.92. The minimum Gasteiger partial charge on any atom is -0.439 e. The molecule has 170 valence electrons. The van der Waals surface area contributed by atoms with Crippen LogP contribution >= 0.6 is 24.0 Å². The van der Waals surface area contributed by atoms with Crippen LogP contribution in [-0.2, 0) is 11.3 Å². The molecule has 6 nitrogen and oxygen atoms in total. The zero-order chi connectivity index (χ0) is 21.2. The number of nitrogens with one attached hydrogen (secondary N) is 2. The molecule has 8 heteroatoms. The Labute approximate surface area is 201 Å². The molecule has 1 heterocycles. The zero-order valence-electron chi connectivity index (χ0n) is 18.2. The van der Waals surface area contributed by atoms with Gasteiger partial charge < -0.3 is 20.1 Å². The fourth-order valence-electron chi connectivity index (χ4n) is 3.88. The van der Waals surface area contributed by atoms with Crippen LogP contribution in [0, 0.1) is 11.2 Å². The van der Waals surface area contributed by atoms with E-state index in [0.717, 1.165) is 31.1 Å². The van der Waals surface area contributed by atoms with Crippen molar-refractivity contribution in [3.05, 3.63) is 54.0 Å². The Morgan fingerprint density at radius 2 is 1.90 bits per heavy atom. The first kappa shape index (κ1) is 25.3. The lowest BCUT2D eigenvalue weighted by atomic mass is 9.83. The number of methoxy groups -OCH3 is 1. The molecule has 3 rings (SSSR count). The van der Waals surface area contributed by atoms with E-state index >= 15 is 0 Å². The molecule has 2 aromatic rings. The van der Waals surface area contributed by atoms with Gasteiger partial charge in [0.2, 0.25) is 5.88 Å². The SMILES string of the molecule is CN=C(NCc1ccnc(Oc2ccc(F)cc2)c1)NCC1(CCOC)CCCC1.I. The number of guanidine groups is 1. The molecule has 0 unspecified atom stereocenters. The van der Waals surface area contributed by atoms with Gasteiger partial charge in [-0.2, -0.15) is 0 Å². The maximum absolute atomic E-state index is 13.0. The first-order chi connectivity index (χ1) is 14.6. The second-order valence-electron chi connectivity index (χ2n) is 7.79. The predicted octanol–water partition coefficient (Wildman–Crippen LogP) is 4.89. The smallest absolute Gasteiger partial charge is 0.219 e. The van der Waals surface area contributed by atoms with Crippen LogP contribution in [0.3, 0.4) is 0 Å². The van der Waals surface area contributed by atoms with Crippen molar-refractivity contribution >= 4 is 29.9 Å². The average molecular weight is 542 g/mol. The highest BCUT2D eigenvalue weighted by atomic mass is 127. The molecular formula is C23H32FIN4O2. The Kier molecular flexibility index (Phi) is 10.5. The minimum absolute atomic E-state index is 0. The molecule has 2 N–H and O–H groups in total. The fraction of sp³-hybridized carbons (Fsp3) is 0.478. The summed E-state index contributed by atoms with van der Waals surface area (Å²) in [4.78, 5) is 8.58. The third-order valence-corrected chi connectivity index (χ3v) is 5.65. The van der Waals surface area contributed by atoms with E-state index in [9.17, 15) is 4.39 Å². The number of aliphatic imine (C=N–C) groups is 1. The topological polar surface area (TPSA) is 67.8 Å². The van der Waals surface area contributed by atoms with Gasteiger partial charge in [-0.25, -0.2) is 9.37 Å². The fourth-order valence-corrected chi connectivity index (χ4v) is 3.88. The molecule has 1 aliphatic carbocycles. The van der Waals surface area contributed by atoms with Gasteiger partial charge in [0.15, 0.2) is 5.96 Å². The van der Waals surface area contributed by atoms with Crippen molar-refractivity contribution in [2.24, 2.45) is 10.4 Å². The second-order valence-corrected chi connectivity index (χ2v) is 7.79. The van der Waals surface area contributed by atoms with Crippen molar-refractivity contribution < 1.29 is 13.9 Å². The molecule has 0 bridgehead atoms. The van der Waals surface area contributed by atoms with Crippen molar-refractivity contribution in [2.75, 3.05) is 27.3 Å². The van der Waals surface area contributed by atoms with Gasteiger partial charge >= 0.3 is 0 Å². The molecule has 1 aromatic carbocycles. The Morgan fingerprint density at radius 1 is 1.16 bits per heavy atom. The number of halogens is 2. The molecule has 0 amide bonds. The van der Waals surface area contributed by atoms with Gasteiger partial charge in [0.1, 0.15) is 11.6 Å². The van der Waals surface area contributed by atoms with E-state index in [4.69, 9.17) is 9.47 Å². The molecule has 0 spiro atoms. The summed E-state index contributed by atoms with van der Waals surface area (Å²) < 4.78 is 24.1. The van der Waals surface area contributed by atoms with Crippen LogP contribution in [0.4, 0.5) is 4.39 Å². The molecule has 0 aliphatic heterocycles. The second kappa shape index (κ2) is 12.8. The monoisotopic (exact) mass is 542 g/mol. The molecule has 0 radical (unpaired) electrons. The quantitative estimate of drug-likeness (QED) is 0.268. The number of ether oxygens (including phenoxy) is 2. The largest absolute Gasteiger partial charge is 0.439 e. The van der Waals surface area contributed by atoms with E-state index in [-0.39, 0.29) is 29.8 Å². The van der Waals surface area contributed by atoms with Gasteiger partial charge in [-0.15, -0.1) is 24.0 Å². The summed E-state index contributed by atoms with van der Waals surface area (Å²) >= 11 is 0. The lowest BCUT2D eigenvalue weighted by Crippen LogP contribution is -2.43. The summed E-state index contributed by atoms with van der Waals surface area (Å²) in [5.41, 5.74) is 1.31. The number of rotatable bonds is 9. The molecular weight excluding hydrogens is 510 g/mol. The first-order valence-corrected chi connectivity index (χ1v) is 10.4. The average Bonchev–Trinajstić information content (AvgIpc) is 3.23. The summed E-state index contributed by atoms with van der Waals surface area (Å²) in [5.74, 6) is 1.49. The normalized spacial score (nSPS) is 15.3. The van der Waals surface area contributed by atoms with Crippen molar-refractivity contribution in [1.82, 2.24) is 15.6 Å². The van der Waals surface area contributed by atoms with E-state index in [1.807, 2.05) is 12.1 Å². The van der Waals surface area contributed by atoms with Crippen molar-refractivity contribution in [3.63, 3.8) is 0 Å². The number of nitrogens with zero attached hydrogens (tertiary/aromatic N) is 2. The van der Waals surface area contributed by atoms with Gasteiger partial charge in [-0.3, -0.25) is 4.99 Å². The molecule has 31 heavy (non-hydrogen) atoms. The number of hydrogen-bond donors (Lipinski definition) is 2. The molecule has 0 saturated heterocycles. The van der Waals surface area contributed by atoms with Crippen LogP contribution in [0.5, 0.6) is 11.6 Å². The Bertz CT molecular complexity index is 827. The molecule has 1 saturated carbocycles. The predicted molar refractivity (Wildman–Crippen MR) is 132 cm³/mol. The van der Waals surface area contributed by atoms with Crippen molar-refractivity contribution in [3.8, 4) is 11.6 Å². The molecule has 1 fully saturated rings. The summed E-state index contributed by atoms with van der Waals surface area (Å²) in [6, 6.07) is 9.67. The van der Waals surface area contributed by atoms with Gasteiger partial charge in [0.05, 0.1) is 0 Å². The lowest BCUT2D eigenvalue weighted by Gasteiger charge is -2.30. The first-order valence-electron chi connectivity index (χ1n) is 10.4. The van der Waals surface area contributed by atoms with Crippen LogP contribution in [0.1, 0.15) is 37.7 Å². The van der Waals surface area contributed by atoms with E-state index in [0.29, 0.717) is 23.6 Å². The van der Waals surface area contributed by atoms with Crippen molar-refractivity contribution in [2.45, 2.75) is 38.6 Å². The highest BCUT2D eigenvalue weighted by Gasteiger charge is 2.33. The van der Waals surface area contributed by atoms with Crippen LogP contribution in [0.2, 0.25) is 0 Å². The summed E-state index contributed by atoms with van der Waals surface area (Å²) in [6.45, 7) is 2.28. The van der Waals surface area contributed by atoms with Gasteiger partial charge in [0.25, 0.3) is 0 Å². The van der Waals surface area contributed by atoms with E-state index in [2.05, 4.69) is 20.6 Å². The molecule has 0 atom stereocenters. The standard InChI is InChI=1S/C23H31FN4O2.HI/c1-25-22(28-17-23(12-14-29-2)10-3-4-11-23)27-16-18-9-13-26-21(15-18)30-20-7-5-19(24)6-8-20;/h5-9,13,15H,3-4,10-12,14,16-17H2,1-2H3,(H2,25,27,28);1H. The highest BCUT2D eigenvalue weighted by Crippen LogP contribution is 2.40. The summed E-state index contributed by atoms with van der Waals surface area (Å²) in [5, 5.41) is 6.85. The van der Waals surface area contributed by atoms with Gasteiger partial charge in [0, 0.05) is 46.1 Å². The van der Waals surface area contributed by atoms with Crippen LogP contribution in [0.25, 0.3) is 0 Å². The maximum atomic E-state index is 13.0. The number of benzene rings is 1. The number of aromatic nitrogens is 1. The molecule has 1 aromatic heterocycles. The molecule has 1 aliphatic rings. The highest BCUT2D eigenvalue weighted by molar-refractivity contribution is 14.0. The van der Waals surface area contributed by atoms with Gasteiger partial charge in [-0.1, -0.05) is 12.8 Å². The number of pyridine rings is 1. The van der Waals surface area contributed by atoms with Crippen LogP contribution < -0.4 is 15.4 Å². The van der Waals surface area contributed by atoms with Crippen LogP contribution in [0.15, 0.2) is 47.6 Å². The van der Waals surface area contributed by atoms with E-state index < -0.39 is 0 Å². The summed E-state index contributed by atoms with van der Waals surface area (Å²) in [6.07, 6.45) is 7.80. The number of hydrogen-bond acceptors (Lipinski definition) is 4. The minimum atomic E-state index is -0.297. The maximum Gasteiger partial charge on any atom is 0.219 e. The van der Waals surface area contributed by atoms with Gasteiger partial charge in [-0.05, 0) is 60.6 Å². The summed E-state index contributed by atoms with van der Waals surface area (Å²) in [7, 11) is 3.54. The van der Waals surface area contributed by atoms with E-state index in [1.165, 1.54) is 37.8 Å². The lowest BCUT2D eigenvalue weighted by molar-refractivity contribution is 0.138. The zero-order valence-corrected chi connectivity index (χ0v) is 20.5. The Morgan fingerprint density at radius 3 is 2.58 bits per heavy atom. The van der Waals surface area contributed by atoms with E-state index in [1.54, 1.807) is 32.5 Å². The Balaban J connectivity index is 0.00000341. The Hall–Kier alpha value is -1.94. The third-order valence-electron chi connectivity index (χ3n) is 5.65.